The standard InChI is InChI=1S/C12H20N4/c1-10(2)14-11-5-8-16(9-6-11)12-4-3-7-13-15-12/h3-4,7,10-11,14H,5-6,8-9H2,1-2H3. The lowest BCUT2D eigenvalue weighted by molar-refractivity contribution is 0.386. The summed E-state index contributed by atoms with van der Waals surface area (Å²) < 4.78 is 0. The fourth-order valence-electron chi connectivity index (χ4n) is 2.21. The van der Waals surface area contributed by atoms with Gasteiger partial charge in [0.1, 0.15) is 0 Å². The summed E-state index contributed by atoms with van der Waals surface area (Å²) in [6, 6.07) is 5.21. The van der Waals surface area contributed by atoms with E-state index in [0.717, 1.165) is 18.9 Å². The Hall–Kier alpha value is -1.16. The maximum atomic E-state index is 4.14. The third-order valence-electron chi connectivity index (χ3n) is 2.95. The monoisotopic (exact) mass is 220 g/mol. The number of piperidine rings is 1. The lowest BCUT2D eigenvalue weighted by Gasteiger charge is -2.33. The molecule has 0 aromatic carbocycles. The molecule has 0 bridgehead atoms. The van der Waals surface area contributed by atoms with E-state index in [0.29, 0.717) is 12.1 Å². The minimum atomic E-state index is 0.577. The summed E-state index contributed by atoms with van der Waals surface area (Å²) in [6.45, 7) is 6.55. The largest absolute Gasteiger partial charge is 0.355 e. The summed E-state index contributed by atoms with van der Waals surface area (Å²) >= 11 is 0. The number of rotatable bonds is 3. The fraction of sp³-hybridized carbons (Fsp3) is 0.667. The first-order valence-corrected chi connectivity index (χ1v) is 6.04. The molecule has 4 heteroatoms. The van der Waals surface area contributed by atoms with Crippen molar-refractivity contribution in [1.82, 2.24) is 15.5 Å². The Balaban J connectivity index is 1.86. The average Bonchev–Trinajstić information content (AvgIpc) is 2.30. The summed E-state index contributed by atoms with van der Waals surface area (Å²) in [5, 5.41) is 11.7. The lowest BCUT2D eigenvalue weighted by Crippen LogP contribution is -2.45. The summed E-state index contributed by atoms with van der Waals surface area (Å²) in [6.07, 6.45) is 4.10. The van der Waals surface area contributed by atoms with Crippen LogP contribution in [0.3, 0.4) is 0 Å². The average molecular weight is 220 g/mol. The highest BCUT2D eigenvalue weighted by Crippen LogP contribution is 2.16. The van der Waals surface area contributed by atoms with Crippen LogP contribution in [-0.4, -0.2) is 35.4 Å². The molecule has 0 radical (unpaired) electrons. The van der Waals surface area contributed by atoms with Gasteiger partial charge in [-0.05, 0) is 25.0 Å². The van der Waals surface area contributed by atoms with Gasteiger partial charge in [0, 0.05) is 31.4 Å². The minimum Gasteiger partial charge on any atom is -0.355 e. The summed E-state index contributed by atoms with van der Waals surface area (Å²) in [4.78, 5) is 2.31. The topological polar surface area (TPSA) is 41.0 Å². The molecular weight excluding hydrogens is 200 g/mol. The van der Waals surface area contributed by atoms with Gasteiger partial charge in [0.25, 0.3) is 0 Å². The van der Waals surface area contributed by atoms with E-state index >= 15 is 0 Å². The number of anilines is 1. The molecule has 0 aliphatic carbocycles. The van der Waals surface area contributed by atoms with Crippen molar-refractivity contribution in [3.8, 4) is 0 Å². The van der Waals surface area contributed by atoms with Crippen molar-refractivity contribution in [1.29, 1.82) is 0 Å². The molecule has 0 atom stereocenters. The zero-order chi connectivity index (χ0) is 11.4. The van der Waals surface area contributed by atoms with Gasteiger partial charge < -0.3 is 10.2 Å². The highest BCUT2D eigenvalue weighted by atomic mass is 15.3. The molecule has 2 heterocycles. The molecule has 0 unspecified atom stereocenters. The first kappa shape index (κ1) is 11.3. The second kappa shape index (κ2) is 5.25. The number of hydrogen-bond donors (Lipinski definition) is 1. The third kappa shape index (κ3) is 2.92. The van der Waals surface area contributed by atoms with Gasteiger partial charge in [-0.1, -0.05) is 13.8 Å². The zero-order valence-electron chi connectivity index (χ0n) is 10.1. The molecule has 16 heavy (non-hydrogen) atoms. The first-order chi connectivity index (χ1) is 7.75. The van der Waals surface area contributed by atoms with Gasteiger partial charge in [-0.15, -0.1) is 5.10 Å². The van der Waals surface area contributed by atoms with E-state index in [4.69, 9.17) is 0 Å². The Labute approximate surface area is 97.1 Å². The molecule has 1 aromatic heterocycles. The Bertz CT molecular complexity index is 304. The van der Waals surface area contributed by atoms with Gasteiger partial charge in [0.05, 0.1) is 0 Å². The van der Waals surface area contributed by atoms with Crippen LogP contribution in [0.5, 0.6) is 0 Å². The van der Waals surface area contributed by atoms with Crippen LogP contribution >= 0.6 is 0 Å². The second-order valence-electron chi connectivity index (χ2n) is 4.66. The predicted octanol–water partition coefficient (Wildman–Crippen LogP) is 1.44. The van der Waals surface area contributed by atoms with Gasteiger partial charge in [0.2, 0.25) is 0 Å². The number of hydrogen-bond acceptors (Lipinski definition) is 4. The Kier molecular flexibility index (Phi) is 3.72. The van der Waals surface area contributed by atoms with Crippen molar-refractivity contribution in [3.63, 3.8) is 0 Å². The lowest BCUT2D eigenvalue weighted by atomic mass is 10.0. The fourth-order valence-corrected chi connectivity index (χ4v) is 2.21. The molecule has 4 nitrogen and oxygen atoms in total. The molecule has 1 saturated heterocycles. The van der Waals surface area contributed by atoms with Crippen LogP contribution in [-0.2, 0) is 0 Å². The van der Waals surface area contributed by atoms with E-state index in [-0.39, 0.29) is 0 Å². The zero-order valence-corrected chi connectivity index (χ0v) is 10.1. The Morgan fingerprint density at radius 3 is 2.69 bits per heavy atom. The minimum absolute atomic E-state index is 0.577. The molecule has 0 amide bonds. The van der Waals surface area contributed by atoms with E-state index in [1.807, 2.05) is 12.1 Å². The van der Waals surface area contributed by atoms with E-state index < -0.39 is 0 Å². The van der Waals surface area contributed by atoms with Gasteiger partial charge in [-0.3, -0.25) is 0 Å². The summed E-state index contributed by atoms with van der Waals surface area (Å²) in [7, 11) is 0. The molecule has 1 aliphatic heterocycles. The number of nitrogens with one attached hydrogen (secondary N) is 1. The molecule has 0 spiro atoms. The third-order valence-corrected chi connectivity index (χ3v) is 2.95. The maximum absolute atomic E-state index is 4.14. The molecule has 1 N–H and O–H groups in total. The number of nitrogens with zero attached hydrogens (tertiary/aromatic N) is 3. The summed E-state index contributed by atoms with van der Waals surface area (Å²) in [5.74, 6) is 1.01. The maximum Gasteiger partial charge on any atom is 0.151 e. The van der Waals surface area contributed by atoms with Crippen LogP contribution in [0.25, 0.3) is 0 Å². The van der Waals surface area contributed by atoms with Gasteiger partial charge in [-0.25, -0.2) is 0 Å². The predicted molar refractivity (Wildman–Crippen MR) is 65.5 cm³/mol. The number of aromatic nitrogens is 2. The summed E-state index contributed by atoms with van der Waals surface area (Å²) in [5.41, 5.74) is 0. The first-order valence-electron chi connectivity index (χ1n) is 6.04. The van der Waals surface area contributed by atoms with Crippen LogP contribution in [0.1, 0.15) is 26.7 Å². The van der Waals surface area contributed by atoms with E-state index in [1.54, 1.807) is 6.20 Å². The smallest absolute Gasteiger partial charge is 0.151 e. The van der Waals surface area contributed by atoms with Crippen molar-refractivity contribution in [2.45, 2.75) is 38.8 Å². The van der Waals surface area contributed by atoms with Crippen molar-refractivity contribution >= 4 is 5.82 Å². The van der Waals surface area contributed by atoms with E-state index in [1.165, 1.54) is 12.8 Å². The van der Waals surface area contributed by atoms with Crippen molar-refractivity contribution in [2.24, 2.45) is 0 Å². The highest BCUT2D eigenvalue weighted by Gasteiger charge is 2.20. The van der Waals surface area contributed by atoms with Crippen molar-refractivity contribution in [2.75, 3.05) is 18.0 Å². The van der Waals surface area contributed by atoms with Crippen LogP contribution in [0.15, 0.2) is 18.3 Å². The van der Waals surface area contributed by atoms with Gasteiger partial charge >= 0.3 is 0 Å². The van der Waals surface area contributed by atoms with Crippen molar-refractivity contribution < 1.29 is 0 Å². The quantitative estimate of drug-likeness (QED) is 0.837. The molecule has 1 aliphatic rings. The van der Waals surface area contributed by atoms with Crippen LogP contribution in [0.4, 0.5) is 5.82 Å². The molecule has 2 rings (SSSR count). The van der Waals surface area contributed by atoms with Gasteiger partial charge in [-0.2, -0.15) is 5.10 Å². The van der Waals surface area contributed by atoms with Crippen molar-refractivity contribution in [3.05, 3.63) is 18.3 Å². The normalized spacial score (nSPS) is 18.1. The van der Waals surface area contributed by atoms with E-state index in [2.05, 4.69) is 34.3 Å². The van der Waals surface area contributed by atoms with Gasteiger partial charge in [0.15, 0.2) is 5.82 Å². The Morgan fingerprint density at radius 2 is 2.12 bits per heavy atom. The molecule has 1 fully saturated rings. The molecule has 88 valence electrons. The SMILES string of the molecule is CC(C)NC1CCN(c2cccnn2)CC1. The van der Waals surface area contributed by atoms with Crippen LogP contribution < -0.4 is 10.2 Å². The second-order valence-corrected chi connectivity index (χ2v) is 4.66. The molecule has 0 saturated carbocycles. The highest BCUT2D eigenvalue weighted by molar-refractivity contribution is 5.36. The van der Waals surface area contributed by atoms with Crippen LogP contribution in [0, 0.1) is 0 Å². The molecular formula is C12H20N4. The van der Waals surface area contributed by atoms with Crippen LogP contribution in [0.2, 0.25) is 0 Å². The Morgan fingerprint density at radius 1 is 1.38 bits per heavy atom. The van der Waals surface area contributed by atoms with E-state index in [9.17, 15) is 0 Å². The molecule has 1 aromatic rings.